The predicted octanol–water partition coefficient (Wildman–Crippen LogP) is 3.55. The Kier molecular flexibility index (Phi) is 7.41. The molecule has 1 aliphatic heterocycles. The molecule has 7 heteroatoms. The van der Waals surface area contributed by atoms with Crippen LogP contribution in [-0.2, 0) is 4.74 Å². The topological polar surface area (TPSA) is 90.7 Å². The Bertz CT molecular complexity index is 822. The molecule has 29 heavy (non-hydrogen) atoms. The van der Waals surface area contributed by atoms with Crippen LogP contribution < -0.4 is 10.1 Å². The third kappa shape index (κ3) is 5.44. The van der Waals surface area contributed by atoms with E-state index in [2.05, 4.69) is 10.5 Å². The van der Waals surface area contributed by atoms with Gasteiger partial charge in [0.25, 0.3) is 0 Å². The van der Waals surface area contributed by atoms with Gasteiger partial charge in [-0.05, 0) is 82.8 Å². The number of nitrogens with zero attached hydrogens (tertiary/aromatic N) is 1. The van der Waals surface area contributed by atoms with Crippen molar-refractivity contribution in [2.45, 2.75) is 39.5 Å². The van der Waals surface area contributed by atoms with Crippen molar-refractivity contribution in [2.24, 2.45) is 5.92 Å². The number of ketones is 1. The first-order valence-electron chi connectivity index (χ1n) is 10.2. The minimum atomic E-state index is -0.666. The van der Waals surface area contributed by atoms with E-state index in [1.165, 1.54) is 12.8 Å². The lowest BCUT2D eigenvalue weighted by molar-refractivity contribution is 0.0512. The molecule has 2 heterocycles. The quantitative estimate of drug-likeness (QED) is 0.391. The van der Waals surface area contributed by atoms with E-state index in [1.54, 1.807) is 38.1 Å². The summed E-state index contributed by atoms with van der Waals surface area (Å²) in [5, 5.41) is 7.12. The van der Waals surface area contributed by atoms with E-state index >= 15 is 0 Å². The fourth-order valence-corrected chi connectivity index (χ4v) is 3.56. The first kappa shape index (κ1) is 21.0. The van der Waals surface area contributed by atoms with Gasteiger partial charge in [0.1, 0.15) is 11.5 Å². The van der Waals surface area contributed by atoms with E-state index in [0.717, 1.165) is 37.6 Å². The third-order valence-electron chi connectivity index (χ3n) is 5.10. The smallest absolute Gasteiger partial charge is 0.361 e. The molecule has 1 atom stereocenters. The fourth-order valence-electron chi connectivity index (χ4n) is 3.56. The van der Waals surface area contributed by atoms with Gasteiger partial charge < -0.3 is 19.3 Å². The fraction of sp³-hybridized carbons (Fsp3) is 0.500. The molecule has 0 radical (unpaired) electrons. The van der Waals surface area contributed by atoms with E-state index < -0.39 is 5.97 Å². The second-order valence-electron chi connectivity index (χ2n) is 7.24. The van der Waals surface area contributed by atoms with Gasteiger partial charge in [0.05, 0.1) is 18.8 Å². The van der Waals surface area contributed by atoms with Crippen LogP contribution in [-0.4, -0.2) is 43.2 Å². The van der Waals surface area contributed by atoms with Crippen LogP contribution in [0.3, 0.4) is 0 Å². The van der Waals surface area contributed by atoms with Gasteiger partial charge in [-0.2, -0.15) is 0 Å². The van der Waals surface area contributed by atoms with Crippen molar-refractivity contribution in [1.29, 1.82) is 0 Å². The maximum Gasteiger partial charge on any atom is 0.361 e. The Morgan fingerprint density at radius 3 is 2.76 bits per heavy atom. The SMILES string of the molecule is CCOC(=O)c1noc(C)c1C(=O)c1ccc(OCCCC2CCCNC2)cc1. The zero-order valence-corrected chi connectivity index (χ0v) is 17.0. The summed E-state index contributed by atoms with van der Waals surface area (Å²) in [6.45, 7) is 6.38. The number of carbonyl (C=O) groups excluding carboxylic acids is 2. The third-order valence-corrected chi connectivity index (χ3v) is 5.10. The van der Waals surface area contributed by atoms with Crippen LogP contribution in [0.5, 0.6) is 5.75 Å². The molecule has 0 amide bonds. The number of hydrogen-bond donors (Lipinski definition) is 1. The highest BCUT2D eigenvalue weighted by molar-refractivity contribution is 6.14. The highest BCUT2D eigenvalue weighted by Gasteiger charge is 2.27. The predicted molar refractivity (Wildman–Crippen MR) is 107 cm³/mol. The Hall–Kier alpha value is -2.67. The lowest BCUT2D eigenvalue weighted by Crippen LogP contribution is -2.29. The minimum Gasteiger partial charge on any atom is -0.494 e. The molecule has 1 aromatic carbocycles. The molecule has 7 nitrogen and oxygen atoms in total. The largest absolute Gasteiger partial charge is 0.494 e. The average molecular weight is 400 g/mol. The molecular weight excluding hydrogens is 372 g/mol. The summed E-state index contributed by atoms with van der Waals surface area (Å²) < 4.78 is 15.8. The maximum absolute atomic E-state index is 12.8. The van der Waals surface area contributed by atoms with Crippen molar-refractivity contribution in [1.82, 2.24) is 10.5 Å². The highest BCUT2D eigenvalue weighted by atomic mass is 16.5. The van der Waals surface area contributed by atoms with Gasteiger partial charge in [0.15, 0.2) is 5.78 Å². The molecule has 1 aromatic heterocycles. The lowest BCUT2D eigenvalue weighted by atomic mass is 9.95. The standard InChI is InChI=1S/C22H28N2O5/c1-3-27-22(26)20-19(15(2)29-24-20)21(25)17-8-10-18(11-9-17)28-13-5-7-16-6-4-12-23-14-16/h8-11,16,23H,3-7,12-14H2,1-2H3. The van der Waals surface area contributed by atoms with Crippen molar-refractivity contribution >= 4 is 11.8 Å². The van der Waals surface area contributed by atoms with Gasteiger partial charge in [-0.15, -0.1) is 0 Å². The summed E-state index contributed by atoms with van der Waals surface area (Å²) in [4.78, 5) is 24.9. The number of benzene rings is 1. The van der Waals surface area contributed by atoms with Crippen LogP contribution in [0, 0.1) is 12.8 Å². The van der Waals surface area contributed by atoms with Crippen molar-refractivity contribution in [3.8, 4) is 5.75 Å². The molecule has 0 aliphatic carbocycles. The Balaban J connectivity index is 1.56. The molecule has 0 bridgehead atoms. The molecule has 156 valence electrons. The van der Waals surface area contributed by atoms with Crippen LogP contribution in [0.25, 0.3) is 0 Å². The van der Waals surface area contributed by atoms with Crippen molar-refractivity contribution in [3.05, 3.63) is 46.8 Å². The molecular formula is C22H28N2O5. The Morgan fingerprint density at radius 1 is 1.28 bits per heavy atom. The second-order valence-corrected chi connectivity index (χ2v) is 7.24. The number of piperidine rings is 1. The number of nitrogens with one attached hydrogen (secondary N) is 1. The molecule has 3 rings (SSSR count). The van der Waals surface area contributed by atoms with Crippen LogP contribution in [0.4, 0.5) is 0 Å². The van der Waals surface area contributed by atoms with E-state index in [4.69, 9.17) is 14.0 Å². The van der Waals surface area contributed by atoms with E-state index in [-0.39, 0.29) is 29.4 Å². The van der Waals surface area contributed by atoms with Crippen LogP contribution >= 0.6 is 0 Å². The van der Waals surface area contributed by atoms with E-state index in [1.807, 2.05) is 0 Å². The summed E-state index contributed by atoms with van der Waals surface area (Å²) >= 11 is 0. The summed E-state index contributed by atoms with van der Waals surface area (Å²) in [7, 11) is 0. The maximum atomic E-state index is 12.8. The minimum absolute atomic E-state index is 0.0909. The van der Waals surface area contributed by atoms with Crippen molar-refractivity contribution in [3.63, 3.8) is 0 Å². The molecule has 0 spiro atoms. The van der Waals surface area contributed by atoms with Crippen LogP contribution in [0.1, 0.15) is 64.8 Å². The van der Waals surface area contributed by atoms with Gasteiger partial charge >= 0.3 is 5.97 Å². The molecule has 1 saturated heterocycles. The van der Waals surface area contributed by atoms with Crippen molar-refractivity contribution < 1.29 is 23.6 Å². The Labute approximate surface area is 170 Å². The molecule has 2 aromatic rings. The van der Waals surface area contributed by atoms with Crippen molar-refractivity contribution in [2.75, 3.05) is 26.3 Å². The van der Waals surface area contributed by atoms with Gasteiger partial charge in [-0.3, -0.25) is 4.79 Å². The number of rotatable bonds is 9. The molecule has 1 unspecified atom stereocenters. The van der Waals surface area contributed by atoms with E-state index in [9.17, 15) is 9.59 Å². The number of aryl methyl sites for hydroxylation is 1. The van der Waals surface area contributed by atoms with Crippen LogP contribution in [0.15, 0.2) is 28.8 Å². The van der Waals surface area contributed by atoms with E-state index in [0.29, 0.717) is 12.2 Å². The summed E-state index contributed by atoms with van der Waals surface area (Å²) in [6, 6.07) is 6.90. The number of hydrogen-bond acceptors (Lipinski definition) is 7. The van der Waals surface area contributed by atoms with Crippen LogP contribution in [0.2, 0.25) is 0 Å². The first-order chi connectivity index (χ1) is 14.1. The summed E-state index contributed by atoms with van der Waals surface area (Å²) in [5.41, 5.74) is 0.479. The lowest BCUT2D eigenvalue weighted by Gasteiger charge is -2.22. The zero-order valence-electron chi connectivity index (χ0n) is 17.0. The zero-order chi connectivity index (χ0) is 20.6. The van der Waals surface area contributed by atoms with Gasteiger partial charge in [0, 0.05) is 5.56 Å². The second kappa shape index (κ2) is 10.2. The number of ether oxygens (including phenoxy) is 2. The monoisotopic (exact) mass is 400 g/mol. The summed E-state index contributed by atoms with van der Waals surface area (Å²) in [6.07, 6.45) is 4.72. The van der Waals surface area contributed by atoms with Gasteiger partial charge in [0.2, 0.25) is 5.69 Å². The Morgan fingerprint density at radius 2 is 2.07 bits per heavy atom. The average Bonchev–Trinajstić information content (AvgIpc) is 3.13. The molecule has 0 saturated carbocycles. The highest BCUT2D eigenvalue weighted by Crippen LogP contribution is 2.22. The van der Waals surface area contributed by atoms with Gasteiger partial charge in [-0.1, -0.05) is 5.16 Å². The normalized spacial score (nSPS) is 16.4. The molecule has 1 aliphatic rings. The number of aromatic nitrogens is 1. The summed E-state index contributed by atoms with van der Waals surface area (Å²) in [5.74, 6) is 0.753. The molecule has 1 fully saturated rings. The number of carbonyl (C=O) groups is 2. The first-order valence-corrected chi connectivity index (χ1v) is 10.2. The number of esters is 1. The molecule has 1 N–H and O–H groups in total. The van der Waals surface area contributed by atoms with Gasteiger partial charge in [-0.25, -0.2) is 4.79 Å².